The minimum absolute atomic E-state index is 0. The van der Waals surface area contributed by atoms with Gasteiger partial charge in [0.2, 0.25) is 11.9 Å². The van der Waals surface area contributed by atoms with Crippen molar-refractivity contribution in [2.24, 2.45) is 17.2 Å². The molecule has 0 amide bonds. The van der Waals surface area contributed by atoms with Crippen LogP contribution >= 0.6 is 24.2 Å². The maximum atomic E-state index is 13.2. The van der Waals surface area contributed by atoms with E-state index < -0.39 is 65.2 Å². The average molecular weight is 705 g/mol. The molecule has 258 valence electrons. The van der Waals surface area contributed by atoms with Gasteiger partial charge < -0.3 is 36.5 Å². The van der Waals surface area contributed by atoms with Gasteiger partial charge in [0, 0.05) is 37.0 Å². The minimum Gasteiger partial charge on any atom is -0.478 e. The van der Waals surface area contributed by atoms with Gasteiger partial charge in [-0.15, -0.1) is 12.4 Å². The van der Waals surface area contributed by atoms with Gasteiger partial charge in [0.15, 0.2) is 6.04 Å². The number of hydrogen-bond donors (Lipinski definition) is 4. The first kappa shape index (κ1) is 39.6. The van der Waals surface area contributed by atoms with Crippen molar-refractivity contribution < 1.29 is 43.4 Å². The molecule has 0 saturated carbocycles. The Balaban J connectivity index is 0.00000800. The fraction of sp³-hybridized carbons (Fsp3) is 0.312. The number of nitro benzene ring substituents is 1. The van der Waals surface area contributed by atoms with Gasteiger partial charge in [-0.2, -0.15) is 11.8 Å². The third-order valence-corrected chi connectivity index (χ3v) is 8.02. The molecule has 3 rings (SSSR count). The SMILES string of the molecule is CC(OC(=O)C(N)CSCc1ccc([N+](=O)[O-])cc1)OC(=O)C(N)C(Cc1ccccc1)(OC(=O)C(N)Cc1ccccc1)C(=O)O.Cl. The van der Waals surface area contributed by atoms with Gasteiger partial charge in [0.05, 0.1) is 4.92 Å². The molecule has 0 aliphatic rings. The Morgan fingerprint density at radius 2 is 1.35 bits per heavy atom. The molecule has 0 bridgehead atoms. The van der Waals surface area contributed by atoms with Gasteiger partial charge in [0.1, 0.15) is 12.1 Å². The van der Waals surface area contributed by atoms with E-state index in [9.17, 15) is 34.4 Å². The lowest BCUT2D eigenvalue weighted by atomic mass is 9.87. The van der Waals surface area contributed by atoms with E-state index in [0.29, 0.717) is 16.9 Å². The van der Waals surface area contributed by atoms with Crippen LogP contribution < -0.4 is 17.2 Å². The Bertz CT molecular complexity index is 1530. The number of carboxylic acids is 1. The van der Waals surface area contributed by atoms with Gasteiger partial charge in [-0.1, -0.05) is 72.8 Å². The van der Waals surface area contributed by atoms with Crippen molar-refractivity contribution in [3.8, 4) is 0 Å². The molecule has 0 radical (unpaired) electrons. The summed E-state index contributed by atoms with van der Waals surface area (Å²) < 4.78 is 15.8. The summed E-state index contributed by atoms with van der Waals surface area (Å²) in [6.07, 6.45) is -2.01. The number of halogens is 1. The zero-order valence-electron chi connectivity index (χ0n) is 25.8. The quantitative estimate of drug-likeness (QED) is 0.0684. The normalized spacial score (nSPS) is 14.5. The molecule has 0 saturated heterocycles. The summed E-state index contributed by atoms with van der Waals surface area (Å²) in [5, 5.41) is 21.1. The lowest BCUT2D eigenvalue weighted by Crippen LogP contribution is -2.63. The zero-order chi connectivity index (χ0) is 34.6. The lowest BCUT2D eigenvalue weighted by molar-refractivity contribution is -0.384. The zero-order valence-corrected chi connectivity index (χ0v) is 27.5. The Kier molecular flexibility index (Phi) is 15.4. The number of benzene rings is 3. The van der Waals surface area contributed by atoms with Crippen LogP contribution in [0.3, 0.4) is 0 Å². The molecule has 14 nitrogen and oxygen atoms in total. The van der Waals surface area contributed by atoms with E-state index in [1.54, 1.807) is 72.8 Å². The molecule has 0 fully saturated rings. The molecule has 0 aliphatic carbocycles. The Hall–Kier alpha value is -4.54. The topological polar surface area (TPSA) is 237 Å². The van der Waals surface area contributed by atoms with Crippen LogP contribution in [0.5, 0.6) is 0 Å². The van der Waals surface area contributed by atoms with Crippen LogP contribution in [0, 0.1) is 10.1 Å². The summed E-state index contributed by atoms with van der Waals surface area (Å²) in [4.78, 5) is 61.9. The molecule has 5 unspecified atom stereocenters. The lowest BCUT2D eigenvalue weighted by Gasteiger charge is -2.34. The van der Waals surface area contributed by atoms with Crippen molar-refractivity contribution >= 4 is 53.7 Å². The van der Waals surface area contributed by atoms with Gasteiger partial charge >= 0.3 is 23.9 Å². The third-order valence-electron chi connectivity index (χ3n) is 6.89. The molecule has 0 spiro atoms. The van der Waals surface area contributed by atoms with E-state index in [2.05, 4.69) is 0 Å². The van der Waals surface area contributed by atoms with Gasteiger partial charge in [-0.05, 0) is 23.1 Å². The summed E-state index contributed by atoms with van der Waals surface area (Å²) in [6, 6.07) is 18.2. The highest BCUT2D eigenvalue weighted by atomic mass is 35.5. The molecule has 16 heteroatoms. The average Bonchev–Trinajstić information content (AvgIpc) is 3.04. The Labute approximate surface area is 286 Å². The fourth-order valence-corrected chi connectivity index (χ4v) is 5.29. The fourth-order valence-electron chi connectivity index (χ4n) is 4.36. The first-order valence-electron chi connectivity index (χ1n) is 14.3. The van der Waals surface area contributed by atoms with Crippen LogP contribution in [-0.4, -0.2) is 69.7 Å². The maximum Gasteiger partial charge on any atom is 0.350 e. The van der Waals surface area contributed by atoms with E-state index in [4.69, 9.17) is 31.4 Å². The summed E-state index contributed by atoms with van der Waals surface area (Å²) in [5.41, 5.74) is 17.3. The van der Waals surface area contributed by atoms with Gasteiger partial charge in [0.25, 0.3) is 5.69 Å². The molecule has 0 aromatic heterocycles. The molecule has 3 aromatic carbocycles. The number of nitrogens with zero attached hydrogens (tertiary/aromatic N) is 1. The van der Waals surface area contributed by atoms with E-state index in [1.165, 1.54) is 30.8 Å². The number of hydrogen-bond acceptors (Lipinski definition) is 13. The highest BCUT2D eigenvalue weighted by Gasteiger charge is 2.53. The predicted molar refractivity (Wildman–Crippen MR) is 179 cm³/mol. The molecule has 0 aliphatic heterocycles. The second-order valence-corrected chi connectivity index (χ2v) is 11.6. The summed E-state index contributed by atoms with van der Waals surface area (Å²) in [7, 11) is 0. The largest absolute Gasteiger partial charge is 0.478 e. The van der Waals surface area contributed by atoms with Crippen molar-refractivity contribution in [1.82, 2.24) is 0 Å². The van der Waals surface area contributed by atoms with Crippen molar-refractivity contribution in [1.29, 1.82) is 0 Å². The molecular formula is C32H37ClN4O10S. The van der Waals surface area contributed by atoms with Crippen LogP contribution in [-0.2, 0) is 52.0 Å². The summed E-state index contributed by atoms with van der Waals surface area (Å²) >= 11 is 1.27. The van der Waals surface area contributed by atoms with Crippen LogP contribution in [0.1, 0.15) is 23.6 Å². The number of rotatable bonds is 17. The van der Waals surface area contributed by atoms with E-state index in [0.717, 1.165) is 5.56 Å². The molecule has 48 heavy (non-hydrogen) atoms. The molecule has 0 heterocycles. The van der Waals surface area contributed by atoms with Crippen molar-refractivity contribution in [3.63, 3.8) is 0 Å². The number of nitro groups is 1. The number of nitrogens with two attached hydrogens (primary N) is 3. The molecule has 7 N–H and O–H groups in total. The van der Waals surface area contributed by atoms with Crippen LogP contribution in [0.2, 0.25) is 0 Å². The van der Waals surface area contributed by atoms with E-state index in [-0.39, 0.29) is 30.3 Å². The van der Waals surface area contributed by atoms with Crippen LogP contribution in [0.4, 0.5) is 5.69 Å². The first-order chi connectivity index (χ1) is 22.3. The number of non-ortho nitro benzene ring substituents is 1. The van der Waals surface area contributed by atoms with Crippen LogP contribution in [0.15, 0.2) is 84.9 Å². The Morgan fingerprint density at radius 1 is 0.812 bits per heavy atom. The number of ether oxygens (including phenoxy) is 3. The number of thioether (sulfide) groups is 1. The predicted octanol–water partition coefficient (Wildman–Crippen LogP) is 2.52. The number of aliphatic carboxylic acids is 1. The maximum absolute atomic E-state index is 13.2. The molecular weight excluding hydrogens is 668 g/mol. The van der Waals surface area contributed by atoms with Gasteiger partial charge in [-0.3, -0.25) is 24.5 Å². The smallest absolute Gasteiger partial charge is 0.350 e. The molecule has 3 aromatic rings. The van der Waals surface area contributed by atoms with Crippen molar-refractivity contribution in [2.75, 3.05) is 5.75 Å². The van der Waals surface area contributed by atoms with E-state index >= 15 is 0 Å². The van der Waals surface area contributed by atoms with Crippen LogP contribution in [0.25, 0.3) is 0 Å². The second-order valence-electron chi connectivity index (χ2n) is 10.5. The second kappa shape index (κ2) is 18.7. The monoisotopic (exact) mass is 704 g/mol. The first-order valence-corrected chi connectivity index (χ1v) is 15.5. The number of carbonyl (C=O) groups excluding carboxylic acids is 3. The number of esters is 3. The molecule has 5 atom stereocenters. The standard InChI is InChI=1S/C32H36N4O10S.ClH/c1-20(44-28(37)26(34)19-47-18-23-12-14-24(15-13-23)36(42)43)45-30(39)27(35)32(31(40)41,17-22-10-6-3-7-11-22)46-29(38)25(33)16-21-8-4-2-5-9-21;/h2-15,20,25-27H,16-19,33-35H2,1H3,(H,40,41);1H. The third kappa shape index (κ3) is 11.3. The highest BCUT2D eigenvalue weighted by molar-refractivity contribution is 7.98. The minimum atomic E-state index is -2.64. The summed E-state index contributed by atoms with van der Waals surface area (Å²) in [5.74, 6) is -4.55. The van der Waals surface area contributed by atoms with Gasteiger partial charge in [-0.25, -0.2) is 4.79 Å². The Morgan fingerprint density at radius 3 is 1.90 bits per heavy atom. The number of carbonyl (C=O) groups is 4. The number of carboxylic acid groups (broad SMARTS) is 1. The highest BCUT2D eigenvalue weighted by Crippen LogP contribution is 2.25. The van der Waals surface area contributed by atoms with Crippen molar-refractivity contribution in [2.45, 2.75) is 55.5 Å². The van der Waals surface area contributed by atoms with E-state index in [1.807, 2.05) is 0 Å². The van der Waals surface area contributed by atoms with Crippen molar-refractivity contribution in [3.05, 3.63) is 112 Å². The summed E-state index contributed by atoms with van der Waals surface area (Å²) in [6.45, 7) is 1.21.